The number of aryl methyl sites for hydroxylation is 1. The van der Waals surface area contributed by atoms with Crippen molar-refractivity contribution in [1.29, 1.82) is 0 Å². The number of benzene rings is 3. The van der Waals surface area contributed by atoms with Crippen molar-refractivity contribution in [2.75, 3.05) is 6.54 Å². The van der Waals surface area contributed by atoms with Crippen molar-refractivity contribution in [3.63, 3.8) is 0 Å². The Bertz CT molecular complexity index is 1420. The lowest BCUT2D eigenvalue weighted by atomic mass is 9.95. The molecule has 5 nitrogen and oxygen atoms in total. The van der Waals surface area contributed by atoms with Crippen molar-refractivity contribution in [2.45, 2.75) is 19.4 Å². The maximum absolute atomic E-state index is 13.2. The highest BCUT2D eigenvalue weighted by molar-refractivity contribution is 6.46. The van der Waals surface area contributed by atoms with E-state index in [0.29, 0.717) is 23.6 Å². The number of halogens is 1. The summed E-state index contributed by atoms with van der Waals surface area (Å²) in [5.74, 6) is -1.47. The zero-order valence-corrected chi connectivity index (χ0v) is 19.3. The monoisotopic (exact) mass is 470 g/mol. The number of likely N-dealkylation sites (tertiary alicyclic amines) is 1. The number of para-hydroxylation sites is 1. The molecule has 1 aromatic heterocycles. The second kappa shape index (κ2) is 8.84. The first-order chi connectivity index (χ1) is 16.4. The molecule has 2 heterocycles. The van der Waals surface area contributed by atoms with Gasteiger partial charge in [-0.15, -0.1) is 0 Å². The van der Waals surface area contributed by atoms with Gasteiger partial charge in [0, 0.05) is 34.2 Å². The first-order valence-electron chi connectivity index (χ1n) is 11.1. The van der Waals surface area contributed by atoms with E-state index in [-0.39, 0.29) is 11.3 Å². The summed E-state index contributed by atoms with van der Waals surface area (Å²) in [5.41, 5.74) is 4.43. The fraction of sp³-hybridized carbons (Fsp3) is 0.143. The average molecular weight is 471 g/mol. The summed E-state index contributed by atoms with van der Waals surface area (Å²) < 4.78 is 0. The number of aromatic amines is 1. The molecule has 1 unspecified atom stereocenters. The topological polar surface area (TPSA) is 73.4 Å². The third-order valence-electron chi connectivity index (χ3n) is 6.35. The molecule has 1 atom stereocenters. The molecule has 5 rings (SSSR count). The smallest absolute Gasteiger partial charge is 0.295 e. The van der Waals surface area contributed by atoms with Crippen molar-refractivity contribution >= 4 is 40.0 Å². The number of Topliss-reactive ketones (excluding diaryl/α,β-unsaturated/α-hetero) is 1. The lowest BCUT2D eigenvalue weighted by Crippen LogP contribution is -2.31. The largest absolute Gasteiger partial charge is 0.507 e. The molecular formula is C28H23ClN2O3. The first-order valence-corrected chi connectivity index (χ1v) is 11.5. The molecule has 1 amide bonds. The van der Waals surface area contributed by atoms with Crippen LogP contribution in [0.1, 0.15) is 28.3 Å². The Morgan fingerprint density at radius 1 is 1.00 bits per heavy atom. The van der Waals surface area contributed by atoms with Gasteiger partial charge in [0.25, 0.3) is 11.7 Å². The molecule has 2 N–H and O–H groups in total. The van der Waals surface area contributed by atoms with Gasteiger partial charge in [-0.2, -0.15) is 0 Å². The number of nitrogens with zero attached hydrogens (tertiary/aromatic N) is 1. The van der Waals surface area contributed by atoms with Crippen LogP contribution in [0.3, 0.4) is 0 Å². The molecule has 4 aromatic rings. The van der Waals surface area contributed by atoms with Gasteiger partial charge >= 0.3 is 0 Å². The summed E-state index contributed by atoms with van der Waals surface area (Å²) in [6, 6.07) is 21.5. The van der Waals surface area contributed by atoms with Crippen LogP contribution >= 0.6 is 11.6 Å². The maximum Gasteiger partial charge on any atom is 0.295 e. The van der Waals surface area contributed by atoms with Crippen LogP contribution in [0.25, 0.3) is 16.7 Å². The van der Waals surface area contributed by atoms with Gasteiger partial charge in [-0.25, -0.2) is 0 Å². The number of carbonyl (C=O) groups is 2. The third kappa shape index (κ3) is 3.88. The molecule has 1 saturated heterocycles. The number of hydrogen-bond donors (Lipinski definition) is 2. The quantitative estimate of drug-likeness (QED) is 0.220. The standard InChI is InChI=1S/C28H23ClN2O3/c1-17-6-8-19(9-7-17)26(32)24-25(18-10-12-21(29)13-11-18)31(28(34)27(24)33)15-14-20-16-30-23-5-3-2-4-22(20)23/h2-13,16,25,30,32H,14-15H2,1H3/b26-24+. The van der Waals surface area contributed by atoms with E-state index in [4.69, 9.17) is 11.6 Å². The van der Waals surface area contributed by atoms with Crippen LogP contribution in [-0.2, 0) is 16.0 Å². The number of amides is 1. The number of H-pyrrole nitrogens is 1. The van der Waals surface area contributed by atoms with Gasteiger partial charge in [-0.1, -0.05) is 71.8 Å². The van der Waals surface area contributed by atoms with Gasteiger partial charge in [0.05, 0.1) is 11.6 Å². The molecule has 34 heavy (non-hydrogen) atoms. The Morgan fingerprint density at radius 3 is 2.44 bits per heavy atom. The highest BCUT2D eigenvalue weighted by atomic mass is 35.5. The van der Waals surface area contributed by atoms with E-state index in [0.717, 1.165) is 27.6 Å². The zero-order valence-electron chi connectivity index (χ0n) is 18.6. The second-order valence-corrected chi connectivity index (χ2v) is 8.96. The third-order valence-corrected chi connectivity index (χ3v) is 6.60. The Morgan fingerprint density at radius 2 is 1.71 bits per heavy atom. The van der Waals surface area contributed by atoms with E-state index in [1.807, 2.05) is 49.5 Å². The molecule has 6 heteroatoms. The van der Waals surface area contributed by atoms with E-state index in [9.17, 15) is 14.7 Å². The Labute approximate surface area is 202 Å². The fourth-order valence-electron chi connectivity index (χ4n) is 4.55. The number of ketones is 1. The van der Waals surface area contributed by atoms with Crippen molar-refractivity contribution in [3.8, 4) is 0 Å². The lowest BCUT2D eigenvalue weighted by molar-refractivity contribution is -0.139. The van der Waals surface area contributed by atoms with E-state index < -0.39 is 17.7 Å². The van der Waals surface area contributed by atoms with Crippen molar-refractivity contribution < 1.29 is 14.7 Å². The maximum atomic E-state index is 13.2. The molecule has 3 aromatic carbocycles. The highest BCUT2D eigenvalue weighted by Crippen LogP contribution is 2.40. The molecule has 0 saturated carbocycles. The summed E-state index contributed by atoms with van der Waals surface area (Å²) in [6.07, 6.45) is 2.50. The number of hydrogen-bond acceptors (Lipinski definition) is 3. The molecular weight excluding hydrogens is 448 g/mol. The fourth-order valence-corrected chi connectivity index (χ4v) is 4.67. The second-order valence-electron chi connectivity index (χ2n) is 8.52. The summed E-state index contributed by atoms with van der Waals surface area (Å²) >= 11 is 6.09. The number of nitrogens with one attached hydrogen (secondary N) is 1. The normalized spacial score (nSPS) is 17.6. The molecule has 1 aliphatic rings. The minimum absolute atomic E-state index is 0.0927. The molecule has 170 valence electrons. The molecule has 0 aliphatic carbocycles. The van der Waals surface area contributed by atoms with Crippen LogP contribution in [0, 0.1) is 6.92 Å². The summed E-state index contributed by atoms with van der Waals surface area (Å²) in [4.78, 5) is 31.2. The molecule has 0 spiro atoms. The minimum atomic E-state index is -0.705. The van der Waals surface area contributed by atoms with Gasteiger partial charge < -0.3 is 15.0 Å². The number of carbonyl (C=O) groups excluding carboxylic acids is 2. The predicted molar refractivity (Wildman–Crippen MR) is 134 cm³/mol. The molecule has 1 fully saturated rings. The van der Waals surface area contributed by atoms with Crippen molar-refractivity contribution in [3.05, 3.63) is 112 Å². The van der Waals surface area contributed by atoms with Crippen LogP contribution in [0.2, 0.25) is 5.02 Å². The number of aromatic nitrogens is 1. The highest BCUT2D eigenvalue weighted by Gasteiger charge is 2.45. The van der Waals surface area contributed by atoms with E-state index in [1.54, 1.807) is 41.3 Å². The SMILES string of the molecule is Cc1ccc(/C(O)=C2\C(=O)C(=O)N(CCc3c[nH]c4ccccc34)C2c2ccc(Cl)cc2)cc1. The molecule has 0 bridgehead atoms. The summed E-state index contributed by atoms with van der Waals surface area (Å²) in [7, 11) is 0. The van der Waals surface area contributed by atoms with Gasteiger partial charge in [0.2, 0.25) is 0 Å². The lowest BCUT2D eigenvalue weighted by Gasteiger charge is -2.25. The predicted octanol–water partition coefficient (Wildman–Crippen LogP) is 5.79. The van der Waals surface area contributed by atoms with E-state index in [2.05, 4.69) is 4.98 Å². The Hall–Kier alpha value is -3.83. The van der Waals surface area contributed by atoms with Crippen molar-refractivity contribution in [1.82, 2.24) is 9.88 Å². The number of rotatable bonds is 5. The van der Waals surface area contributed by atoms with Gasteiger partial charge in [0.1, 0.15) is 5.76 Å². The van der Waals surface area contributed by atoms with E-state index >= 15 is 0 Å². The van der Waals surface area contributed by atoms with Gasteiger partial charge in [-0.3, -0.25) is 9.59 Å². The average Bonchev–Trinajstić information content (AvgIpc) is 3.37. The first kappa shape index (κ1) is 22.0. The van der Waals surface area contributed by atoms with Crippen molar-refractivity contribution in [2.24, 2.45) is 0 Å². The summed E-state index contributed by atoms with van der Waals surface area (Å²) in [6.45, 7) is 2.27. The van der Waals surface area contributed by atoms with Gasteiger partial charge in [0.15, 0.2) is 0 Å². The number of aliphatic hydroxyl groups is 1. The van der Waals surface area contributed by atoms with Crippen LogP contribution in [0.15, 0.2) is 84.6 Å². The van der Waals surface area contributed by atoms with Crippen LogP contribution in [0.5, 0.6) is 0 Å². The molecule has 0 radical (unpaired) electrons. The van der Waals surface area contributed by atoms with Crippen LogP contribution in [-0.4, -0.2) is 33.2 Å². The van der Waals surface area contributed by atoms with Gasteiger partial charge in [-0.05, 0) is 42.7 Å². The van der Waals surface area contributed by atoms with E-state index in [1.165, 1.54) is 0 Å². The summed E-state index contributed by atoms with van der Waals surface area (Å²) in [5, 5.41) is 12.8. The number of aliphatic hydroxyl groups excluding tert-OH is 1. The van der Waals surface area contributed by atoms with Crippen LogP contribution < -0.4 is 0 Å². The Kier molecular flexibility index (Phi) is 5.72. The minimum Gasteiger partial charge on any atom is -0.507 e. The number of fused-ring (bicyclic) bond motifs is 1. The molecule has 1 aliphatic heterocycles. The van der Waals surface area contributed by atoms with Crippen LogP contribution in [0.4, 0.5) is 0 Å². The Balaban J connectivity index is 1.56. The zero-order chi connectivity index (χ0) is 23.8.